The molecule has 0 saturated heterocycles. The van der Waals surface area contributed by atoms with Gasteiger partial charge in [0.05, 0.1) is 10.6 Å². The van der Waals surface area contributed by atoms with Gasteiger partial charge in [-0.25, -0.2) is 0 Å². The summed E-state index contributed by atoms with van der Waals surface area (Å²) in [5.41, 5.74) is 2.49. The summed E-state index contributed by atoms with van der Waals surface area (Å²) in [5.74, 6) is 0. The molecule has 0 bridgehead atoms. The minimum atomic E-state index is -2.55. The number of anilines is 1. The van der Waals surface area contributed by atoms with E-state index in [0.717, 1.165) is 0 Å². The molecule has 0 aliphatic rings. The summed E-state index contributed by atoms with van der Waals surface area (Å²) in [6, 6.07) is 5.19. The average molecular weight is 215 g/mol. The third-order valence-electron chi connectivity index (χ3n) is 1.33. The summed E-state index contributed by atoms with van der Waals surface area (Å²) in [6.07, 6.45) is 0. The highest BCUT2D eigenvalue weighted by Crippen LogP contribution is 2.14. The van der Waals surface area contributed by atoms with E-state index >= 15 is 0 Å². The summed E-state index contributed by atoms with van der Waals surface area (Å²) < 4.78 is 23.0. The SMILES string of the molecule is O=[N+]([O-])c1ccc(NN=S(=O)=O)cc1. The Morgan fingerprint density at radius 2 is 1.86 bits per heavy atom. The summed E-state index contributed by atoms with van der Waals surface area (Å²) >= 11 is 0. The van der Waals surface area contributed by atoms with Crippen molar-refractivity contribution < 1.29 is 13.3 Å². The molecule has 1 aromatic carbocycles. The van der Waals surface area contributed by atoms with Gasteiger partial charge < -0.3 is 0 Å². The second-order valence-electron chi connectivity index (χ2n) is 2.22. The Balaban J connectivity index is 2.84. The van der Waals surface area contributed by atoms with Gasteiger partial charge in [-0.2, -0.15) is 8.42 Å². The van der Waals surface area contributed by atoms with Gasteiger partial charge in [0.25, 0.3) is 5.69 Å². The quantitative estimate of drug-likeness (QED) is 0.598. The van der Waals surface area contributed by atoms with Gasteiger partial charge in [-0.15, -0.1) is 0 Å². The van der Waals surface area contributed by atoms with Crippen molar-refractivity contribution in [3.63, 3.8) is 0 Å². The molecule has 0 radical (unpaired) electrons. The Morgan fingerprint density at radius 1 is 1.29 bits per heavy atom. The minimum Gasteiger partial charge on any atom is -0.263 e. The summed E-state index contributed by atoms with van der Waals surface area (Å²) in [6.45, 7) is 0. The smallest absolute Gasteiger partial charge is 0.263 e. The lowest BCUT2D eigenvalue weighted by atomic mass is 10.3. The van der Waals surface area contributed by atoms with Crippen molar-refractivity contribution in [1.82, 2.24) is 0 Å². The van der Waals surface area contributed by atoms with Crippen LogP contribution in [0.2, 0.25) is 0 Å². The van der Waals surface area contributed by atoms with Crippen LogP contribution in [0.4, 0.5) is 11.4 Å². The number of rotatable bonds is 3. The Morgan fingerprint density at radius 3 is 2.29 bits per heavy atom. The fraction of sp³-hybridized carbons (Fsp3) is 0. The van der Waals surface area contributed by atoms with E-state index in [1.807, 2.05) is 0 Å². The Kier molecular flexibility index (Phi) is 3.13. The average Bonchev–Trinajstić information content (AvgIpc) is 2.15. The molecule has 0 atom stereocenters. The summed E-state index contributed by atoms with van der Waals surface area (Å²) in [7, 11) is -2.55. The van der Waals surface area contributed by atoms with Crippen molar-refractivity contribution >= 4 is 21.9 Å². The predicted octanol–water partition coefficient (Wildman–Crippen LogP) is 0.984. The number of nitro groups is 1. The molecule has 0 heterocycles. The molecule has 0 aromatic heterocycles. The number of non-ortho nitro benzene ring substituents is 1. The molecule has 0 fully saturated rings. The van der Waals surface area contributed by atoms with E-state index in [0.29, 0.717) is 5.69 Å². The van der Waals surface area contributed by atoms with Crippen molar-refractivity contribution in [2.45, 2.75) is 0 Å². The third-order valence-corrected chi connectivity index (χ3v) is 1.57. The number of nitro benzene ring substituents is 1. The molecule has 8 heteroatoms. The highest BCUT2D eigenvalue weighted by molar-refractivity contribution is 7.61. The zero-order valence-electron chi connectivity index (χ0n) is 6.75. The molecule has 7 nitrogen and oxygen atoms in total. The van der Waals surface area contributed by atoms with Crippen LogP contribution in [0.1, 0.15) is 0 Å². The van der Waals surface area contributed by atoms with Crippen LogP contribution in [0.5, 0.6) is 0 Å². The molecule has 0 aliphatic heterocycles. The maximum Gasteiger partial charge on any atom is 0.332 e. The molecule has 74 valence electrons. The number of nitrogens with one attached hydrogen (secondary N) is 1. The third kappa shape index (κ3) is 2.83. The van der Waals surface area contributed by atoms with Crippen LogP contribution in [0.3, 0.4) is 0 Å². The first kappa shape index (κ1) is 10.1. The Hall–Kier alpha value is -1.96. The normalized spacial score (nSPS) is 9.14. The topological polar surface area (TPSA) is 102 Å². The molecule has 1 aromatic rings. The lowest BCUT2D eigenvalue weighted by molar-refractivity contribution is -0.384. The van der Waals surface area contributed by atoms with Crippen molar-refractivity contribution in [2.75, 3.05) is 5.43 Å². The largest absolute Gasteiger partial charge is 0.332 e. The van der Waals surface area contributed by atoms with E-state index in [-0.39, 0.29) is 5.69 Å². The van der Waals surface area contributed by atoms with Crippen molar-refractivity contribution in [3.8, 4) is 0 Å². The molecule has 0 unspecified atom stereocenters. The van der Waals surface area contributed by atoms with E-state index in [2.05, 4.69) is 9.90 Å². The fourth-order valence-electron chi connectivity index (χ4n) is 0.748. The van der Waals surface area contributed by atoms with Crippen molar-refractivity contribution in [1.29, 1.82) is 0 Å². The van der Waals surface area contributed by atoms with E-state index in [4.69, 9.17) is 0 Å². The Bertz CT molecular complexity index is 456. The monoisotopic (exact) mass is 215 g/mol. The lowest BCUT2D eigenvalue weighted by Crippen LogP contribution is -1.89. The standard InChI is InChI=1S/C6H5N3O4S/c10-9(11)6-3-1-5(2-4-6)7-8-14(12)13/h1-4,7H. The number of benzene rings is 1. The molecular weight excluding hydrogens is 210 g/mol. The highest BCUT2D eigenvalue weighted by atomic mass is 32.2. The summed E-state index contributed by atoms with van der Waals surface area (Å²) in [4.78, 5) is 9.69. The second kappa shape index (κ2) is 4.33. The molecule has 0 saturated carbocycles. The first-order valence-corrected chi connectivity index (χ1v) is 4.43. The van der Waals surface area contributed by atoms with Gasteiger partial charge >= 0.3 is 10.5 Å². The number of hydrogen-bond acceptors (Lipinski definition) is 5. The van der Waals surface area contributed by atoms with Crippen LogP contribution in [0, 0.1) is 10.1 Å². The van der Waals surface area contributed by atoms with Crippen LogP contribution < -0.4 is 5.43 Å². The lowest BCUT2D eigenvalue weighted by Gasteiger charge is -1.95. The van der Waals surface area contributed by atoms with Crippen LogP contribution in [0.25, 0.3) is 0 Å². The van der Waals surface area contributed by atoms with Gasteiger partial charge in [-0.05, 0) is 12.1 Å². The Labute approximate surface area is 80.2 Å². The van der Waals surface area contributed by atoms with Crippen molar-refractivity contribution in [3.05, 3.63) is 34.4 Å². The zero-order chi connectivity index (χ0) is 10.6. The maximum absolute atomic E-state index is 10.2. The molecule has 0 spiro atoms. The predicted molar refractivity (Wildman–Crippen MR) is 48.1 cm³/mol. The summed E-state index contributed by atoms with van der Waals surface area (Å²) in [5, 5.41) is 10.2. The molecule has 0 aliphatic carbocycles. The molecule has 1 rings (SSSR count). The fourth-order valence-corrected chi connectivity index (χ4v) is 0.928. The molecule has 0 amide bonds. The maximum atomic E-state index is 10.2. The van der Waals surface area contributed by atoms with Gasteiger partial charge in [0.1, 0.15) is 0 Å². The number of hydrogen-bond donors (Lipinski definition) is 1. The van der Waals surface area contributed by atoms with E-state index in [1.165, 1.54) is 24.3 Å². The van der Waals surface area contributed by atoms with Gasteiger partial charge in [0, 0.05) is 12.1 Å². The molecular formula is C6H5N3O4S. The van der Waals surface area contributed by atoms with E-state index < -0.39 is 15.4 Å². The number of nitrogens with zero attached hydrogens (tertiary/aromatic N) is 2. The van der Waals surface area contributed by atoms with Gasteiger partial charge in [-0.3, -0.25) is 15.5 Å². The molecule has 14 heavy (non-hydrogen) atoms. The van der Waals surface area contributed by atoms with E-state index in [1.54, 1.807) is 0 Å². The van der Waals surface area contributed by atoms with Gasteiger partial charge in [-0.1, -0.05) is 4.47 Å². The minimum absolute atomic E-state index is 0.0706. The van der Waals surface area contributed by atoms with Crippen LogP contribution in [-0.2, 0) is 10.5 Å². The van der Waals surface area contributed by atoms with Gasteiger partial charge in [0.15, 0.2) is 0 Å². The van der Waals surface area contributed by atoms with Crippen LogP contribution in [0.15, 0.2) is 28.7 Å². The van der Waals surface area contributed by atoms with Crippen molar-refractivity contribution in [2.24, 2.45) is 4.47 Å². The van der Waals surface area contributed by atoms with Crippen LogP contribution >= 0.6 is 0 Å². The second-order valence-corrected chi connectivity index (χ2v) is 2.84. The van der Waals surface area contributed by atoms with Crippen LogP contribution in [-0.4, -0.2) is 13.3 Å². The molecule has 1 N–H and O–H groups in total. The van der Waals surface area contributed by atoms with Gasteiger partial charge in [0.2, 0.25) is 0 Å². The van der Waals surface area contributed by atoms with E-state index in [9.17, 15) is 18.5 Å². The first-order chi connectivity index (χ1) is 6.59. The zero-order valence-corrected chi connectivity index (χ0v) is 7.56. The first-order valence-electron chi connectivity index (χ1n) is 3.40. The highest BCUT2D eigenvalue weighted by Gasteiger charge is 2.02.